The molecule has 0 spiro atoms. The molecule has 4 rings (SSSR count). The van der Waals surface area contributed by atoms with Crippen molar-refractivity contribution in [2.24, 2.45) is 5.92 Å². The molecule has 0 N–H and O–H groups in total. The number of nitrogens with zero attached hydrogens (tertiary/aromatic N) is 5. The van der Waals surface area contributed by atoms with E-state index in [1.54, 1.807) is 0 Å². The van der Waals surface area contributed by atoms with E-state index < -0.39 is 0 Å². The summed E-state index contributed by atoms with van der Waals surface area (Å²) in [5.41, 5.74) is 3.59. The molecule has 0 aromatic carbocycles. The van der Waals surface area contributed by atoms with E-state index in [1.807, 2.05) is 12.3 Å². The zero-order chi connectivity index (χ0) is 18.8. The predicted molar refractivity (Wildman–Crippen MR) is 109 cm³/mol. The van der Waals surface area contributed by atoms with Gasteiger partial charge < -0.3 is 4.90 Å². The Morgan fingerprint density at radius 1 is 1.15 bits per heavy atom. The lowest BCUT2D eigenvalue weighted by molar-refractivity contribution is 0.221. The van der Waals surface area contributed by atoms with Gasteiger partial charge in [0.25, 0.3) is 0 Å². The number of hydrogen-bond donors (Lipinski definition) is 0. The van der Waals surface area contributed by atoms with Gasteiger partial charge in [0.05, 0.1) is 18.3 Å². The molecule has 1 atom stereocenters. The third-order valence-corrected chi connectivity index (χ3v) is 5.70. The smallest absolute Gasteiger partial charge is 0.148 e. The molecule has 4 heterocycles. The van der Waals surface area contributed by atoms with Crippen molar-refractivity contribution in [3.8, 4) is 0 Å². The second-order valence-corrected chi connectivity index (χ2v) is 8.36. The molecule has 2 aliphatic rings. The largest absolute Gasteiger partial charge is 0.350 e. The van der Waals surface area contributed by atoms with Gasteiger partial charge in [-0.15, -0.1) is 0 Å². The summed E-state index contributed by atoms with van der Waals surface area (Å²) in [6.45, 7) is 10.9. The average Bonchev–Trinajstić information content (AvgIpc) is 3.10. The highest BCUT2D eigenvalue weighted by molar-refractivity contribution is 5.51. The minimum atomic E-state index is 0.370. The van der Waals surface area contributed by atoms with Crippen molar-refractivity contribution in [3.63, 3.8) is 0 Å². The molecule has 0 amide bonds. The zero-order valence-corrected chi connectivity index (χ0v) is 16.9. The highest BCUT2D eigenvalue weighted by Gasteiger charge is 2.31. The molecule has 2 aromatic rings. The highest BCUT2D eigenvalue weighted by atomic mass is 15.2. The summed E-state index contributed by atoms with van der Waals surface area (Å²) in [6.07, 6.45) is 6.53. The average molecular weight is 366 g/mol. The van der Waals surface area contributed by atoms with Crippen molar-refractivity contribution in [3.05, 3.63) is 47.2 Å². The Morgan fingerprint density at radius 3 is 2.81 bits per heavy atom. The summed E-state index contributed by atoms with van der Waals surface area (Å²) >= 11 is 0. The van der Waals surface area contributed by atoms with Crippen molar-refractivity contribution in [1.29, 1.82) is 0 Å². The zero-order valence-electron chi connectivity index (χ0n) is 16.9. The number of fused-ring (bicyclic) bond motifs is 1. The van der Waals surface area contributed by atoms with Crippen LogP contribution in [0, 0.1) is 12.8 Å². The fourth-order valence-electron chi connectivity index (χ4n) is 4.51. The molecular formula is C22H31N5. The highest BCUT2D eigenvalue weighted by Crippen LogP contribution is 2.34. The first-order chi connectivity index (χ1) is 13.1. The van der Waals surface area contributed by atoms with E-state index in [-0.39, 0.29) is 0 Å². The molecule has 0 radical (unpaired) electrons. The molecule has 1 unspecified atom stereocenters. The van der Waals surface area contributed by atoms with E-state index in [1.165, 1.54) is 24.9 Å². The van der Waals surface area contributed by atoms with E-state index >= 15 is 0 Å². The van der Waals surface area contributed by atoms with Crippen LogP contribution in [0.5, 0.6) is 0 Å². The van der Waals surface area contributed by atoms with Gasteiger partial charge in [-0.1, -0.05) is 19.9 Å². The number of likely N-dealkylation sites (tertiary alicyclic amines) is 1. The van der Waals surface area contributed by atoms with Crippen LogP contribution in [0.15, 0.2) is 24.4 Å². The van der Waals surface area contributed by atoms with Gasteiger partial charge in [-0.05, 0) is 57.2 Å². The molecule has 2 aromatic heterocycles. The SMILES string of the molecule is Cc1nc(C2CCCN2CC(C)C)nc2c1CCCN2Cc1ccccn1. The number of anilines is 1. The summed E-state index contributed by atoms with van der Waals surface area (Å²) in [5.74, 6) is 2.84. The maximum atomic E-state index is 5.14. The Balaban J connectivity index is 1.64. The number of aromatic nitrogens is 3. The van der Waals surface area contributed by atoms with Gasteiger partial charge in [0.15, 0.2) is 0 Å². The molecule has 144 valence electrons. The van der Waals surface area contributed by atoms with Crippen molar-refractivity contribution in [2.75, 3.05) is 24.5 Å². The lowest BCUT2D eigenvalue weighted by Crippen LogP contribution is -2.33. The molecule has 0 bridgehead atoms. The lowest BCUT2D eigenvalue weighted by Gasteiger charge is -2.32. The molecule has 1 saturated heterocycles. The fraction of sp³-hybridized carbons (Fsp3) is 0.591. The minimum Gasteiger partial charge on any atom is -0.350 e. The number of hydrogen-bond acceptors (Lipinski definition) is 5. The summed E-state index contributed by atoms with van der Waals surface area (Å²) in [7, 11) is 0. The van der Waals surface area contributed by atoms with Crippen LogP contribution in [-0.2, 0) is 13.0 Å². The summed E-state index contributed by atoms with van der Waals surface area (Å²) in [5, 5.41) is 0. The summed E-state index contributed by atoms with van der Waals surface area (Å²) in [4.78, 5) is 19.6. The van der Waals surface area contributed by atoms with Crippen molar-refractivity contribution < 1.29 is 0 Å². The van der Waals surface area contributed by atoms with Crippen LogP contribution < -0.4 is 4.90 Å². The van der Waals surface area contributed by atoms with E-state index in [0.29, 0.717) is 12.0 Å². The Bertz CT molecular complexity index is 774. The number of aryl methyl sites for hydroxylation is 1. The first kappa shape index (κ1) is 18.4. The first-order valence-electron chi connectivity index (χ1n) is 10.4. The van der Waals surface area contributed by atoms with Crippen molar-refractivity contribution >= 4 is 5.82 Å². The van der Waals surface area contributed by atoms with Gasteiger partial charge in [0.2, 0.25) is 0 Å². The first-order valence-corrected chi connectivity index (χ1v) is 10.4. The number of rotatable bonds is 5. The Hall–Kier alpha value is -2.01. The van der Waals surface area contributed by atoms with Gasteiger partial charge in [-0.25, -0.2) is 9.97 Å². The van der Waals surface area contributed by atoms with Crippen LogP contribution in [0.25, 0.3) is 0 Å². The van der Waals surface area contributed by atoms with Crippen molar-refractivity contribution in [1.82, 2.24) is 19.9 Å². The van der Waals surface area contributed by atoms with Gasteiger partial charge in [0.1, 0.15) is 11.6 Å². The molecule has 1 fully saturated rings. The van der Waals surface area contributed by atoms with E-state index in [2.05, 4.69) is 47.7 Å². The molecule has 0 saturated carbocycles. The number of pyridine rings is 1. The Kier molecular flexibility index (Phi) is 5.39. The quantitative estimate of drug-likeness (QED) is 0.803. The predicted octanol–water partition coefficient (Wildman–Crippen LogP) is 3.93. The molecule has 5 heteroatoms. The lowest BCUT2D eigenvalue weighted by atomic mass is 10.0. The van der Waals surface area contributed by atoms with Crippen LogP contribution >= 0.6 is 0 Å². The standard InChI is InChI=1S/C22H31N5/c1-16(2)14-26-12-7-10-20(26)21-24-17(3)19-9-6-13-27(22(19)25-21)15-18-8-4-5-11-23-18/h4-5,8,11,16,20H,6-7,9-10,12-15H2,1-3H3. The molecule has 0 aliphatic carbocycles. The Labute approximate surface area is 162 Å². The summed E-state index contributed by atoms with van der Waals surface area (Å²) < 4.78 is 0. The van der Waals surface area contributed by atoms with Gasteiger partial charge in [-0.3, -0.25) is 9.88 Å². The molecule has 5 nitrogen and oxygen atoms in total. The van der Waals surface area contributed by atoms with E-state index in [0.717, 1.165) is 55.5 Å². The monoisotopic (exact) mass is 365 g/mol. The van der Waals surface area contributed by atoms with Crippen LogP contribution in [0.1, 0.15) is 61.9 Å². The maximum Gasteiger partial charge on any atom is 0.148 e. The summed E-state index contributed by atoms with van der Waals surface area (Å²) in [6, 6.07) is 6.51. The van der Waals surface area contributed by atoms with Crippen LogP contribution in [0.4, 0.5) is 5.82 Å². The van der Waals surface area contributed by atoms with Crippen LogP contribution in [-0.4, -0.2) is 39.5 Å². The maximum absolute atomic E-state index is 5.14. The topological polar surface area (TPSA) is 45.2 Å². The Morgan fingerprint density at radius 2 is 2.04 bits per heavy atom. The second kappa shape index (κ2) is 7.93. The van der Waals surface area contributed by atoms with Gasteiger partial charge >= 0.3 is 0 Å². The van der Waals surface area contributed by atoms with E-state index in [9.17, 15) is 0 Å². The van der Waals surface area contributed by atoms with E-state index in [4.69, 9.17) is 9.97 Å². The third-order valence-electron chi connectivity index (χ3n) is 5.70. The fourth-order valence-corrected chi connectivity index (χ4v) is 4.51. The normalized spacial score (nSPS) is 20.3. The van der Waals surface area contributed by atoms with Crippen LogP contribution in [0.3, 0.4) is 0 Å². The molecular weight excluding hydrogens is 334 g/mol. The van der Waals surface area contributed by atoms with Gasteiger partial charge in [-0.2, -0.15) is 0 Å². The molecule has 27 heavy (non-hydrogen) atoms. The van der Waals surface area contributed by atoms with Crippen molar-refractivity contribution in [2.45, 2.75) is 59.0 Å². The second-order valence-electron chi connectivity index (χ2n) is 8.36. The van der Waals surface area contributed by atoms with Gasteiger partial charge in [0, 0.05) is 30.5 Å². The third kappa shape index (κ3) is 3.98. The molecule has 2 aliphatic heterocycles. The minimum absolute atomic E-state index is 0.370. The van der Waals surface area contributed by atoms with Crippen LogP contribution in [0.2, 0.25) is 0 Å².